The van der Waals surface area contributed by atoms with E-state index in [1.165, 1.54) is 6.20 Å². The fraction of sp³-hybridized carbons (Fsp3) is 0.500. The molecule has 0 aromatic carbocycles. The normalized spacial score (nSPS) is 26.0. The van der Waals surface area contributed by atoms with E-state index in [0.29, 0.717) is 18.8 Å². The number of amides is 1. The maximum Gasteiger partial charge on any atom is 0.329 e. The third-order valence-corrected chi connectivity index (χ3v) is 3.86. The Balaban J connectivity index is 2.17. The maximum absolute atomic E-state index is 13.1. The number of rotatable bonds is 3. The van der Waals surface area contributed by atoms with Gasteiger partial charge in [-0.25, -0.2) is 9.18 Å². The van der Waals surface area contributed by atoms with Gasteiger partial charge in [-0.2, -0.15) is 0 Å². The van der Waals surface area contributed by atoms with Gasteiger partial charge in [0.2, 0.25) is 0 Å². The molecule has 1 aromatic heterocycles. The average molecular weight is 280 g/mol. The molecule has 2 rings (SSSR count). The molecule has 0 aliphatic heterocycles. The second-order valence-corrected chi connectivity index (χ2v) is 5.42. The predicted molar refractivity (Wildman–Crippen MR) is 69.7 cm³/mol. The first-order chi connectivity index (χ1) is 9.43. The lowest BCUT2D eigenvalue weighted by atomic mass is 9.77. The van der Waals surface area contributed by atoms with Gasteiger partial charge in [0.15, 0.2) is 0 Å². The molecule has 20 heavy (non-hydrogen) atoms. The summed E-state index contributed by atoms with van der Waals surface area (Å²) in [6.07, 6.45) is 4.48. The van der Waals surface area contributed by atoms with Gasteiger partial charge in [0.25, 0.3) is 5.91 Å². The lowest BCUT2D eigenvalue weighted by Gasteiger charge is -2.36. The zero-order valence-corrected chi connectivity index (χ0v) is 11.2. The van der Waals surface area contributed by atoms with E-state index in [4.69, 9.17) is 0 Å². The molecule has 0 atom stereocenters. The van der Waals surface area contributed by atoms with Crippen LogP contribution in [0.25, 0.3) is 0 Å². The predicted octanol–water partition coefficient (Wildman–Crippen LogP) is 1.98. The van der Waals surface area contributed by atoms with Crippen LogP contribution in [-0.2, 0) is 4.79 Å². The Morgan fingerprint density at radius 1 is 1.40 bits per heavy atom. The smallest absolute Gasteiger partial charge is 0.329 e. The molecule has 1 aromatic rings. The van der Waals surface area contributed by atoms with E-state index in [1.54, 1.807) is 0 Å². The van der Waals surface area contributed by atoms with Crippen molar-refractivity contribution in [3.63, 3.8) is 0 Å². The molecule has 1 aliphatic rings. The summed E-state index contributed by atoms with van der Waals surface area (Å²) >= 11 is 0. The van der Waals surface area contributed by atoms with Crippen LogP contribution in [0.3, 0.4) is 0 Å². The van der Waals surface area contributed by atoms with Crippen molar-refractivity contribution in [2.24, 2.45) is 5.92 Å². The van der Waals surface area contributed by atoms with E-state index in [-0.39, 0.29) is 5.56 Å². The van der Waals surface area contributed by atoms with Crippen molar-refractivity contribution >= 4 is 11.9 Å². The Bertz CT molecular complexity index is 525. The Kier molecular flexibility index (Phi) is 4.01. The van der Waals surface area contributed by atoms with Crippen molar-refractivity contribution in [3.05, 3.63) is 29.8 Å². The number of hydrogen-bond acceptors (Lipinski definition) is 3. The molecule has 0 bridgehead atoms. The molecule has 2 N–H and O–H groups in total. The number of pyridine rings is 1. The van der Waals surface area contributed by atoms with E-state index in [2.05, 4.69) is 17.2 Å². The molecule has 1 amide bonds. The summed E-state index contributed by atoms with van der Waals surface area (Å²) in [4.78, 5) is 27.2. The Morgan fingerprint density at radius 2 is 2.05 bits per heavy atom. The number of aromatic nitrogens is 1. The summed E-state index contributed by atoms with van der Waals surface area (Å²) in [5, 5.41) is 12.0. The molecule has 5 nitrogen and oxygen atoms in total. The van der Waals surface area contributed by atoms with Crippen LogP contribution in [0, 0.1) is 11.7 Å². The van der Waals surface area contributed by atoms with Gasteiger partial charge >= 0.3 is 5.97 Å². The third-order valence-electron chi connectivity index (χ3n) is 3.86. The highest BCUT2D eigenvalue weighted by Gasteiger charge is 2.42. The summed E-state index contributed by atoms with van der Waals surface area (Å²) < 4.78 is 13.1. The summed E-state index contributed by atoms with van der Waals surface area (Å²) in [5.41, 5.74) is -1.22. The van der Waals surface area contributed by atoms with Gasteiger partial charge < -0.3 is 10.4 Å². The lowest BCUT2D eigenvalue weighted by molar-refractivity contribution is -0.146. The van der Waals surface area contributed by atoms with Gasteiger partial charge in [0.05, 0.1) is 11.8 Å². The van der Waals surface area contributed by atoms with Gasteiger partial charge in [-0.3, -0.25) is 9.78 Å². The highest BCUT2D eigenvalue weighted by atomic mass is 19.1. The van der Waals surface area contributed by atoms with Crippen LogP contribution in [0.4, 0.5) is 4.39 Å². The topological polar surface area (TPSA) is 79.3 Å². The molecule has 0 unspecified atom stereocenters. The summed E-state index contributed by atoms with van der Waals surface area (Å²) in [7, 11) is 0. The highest BCUT2D eigenvalue weighted by molar-refractivity contribution is 5.97. The summed E-state index contributed by atoms with van der Waals surface area (Å²) in [5.74, 6) is -1.81. The first kappa shape index (κ1) is 14.4. The molecule has 6 heteroatoms. The van der Waals surface area contributed by atoms with Crippen LogP contribution in [0.1, 0.15) is 43.0 Å². The molecule has 108 valence electrons. The van der Waals surface area contributed by atoms with Crippen molar-refractivity contribution in [2.75, 3.05) is 0 Å². The molecule has 1 aliphatic carbocycles. The van der Waals surface area contributed by atoms with Crippen LogP contribution in [0.5, 0.6) is 0 Å². The zero-order chi connectivity index (χ0) is 14.8. The minimum Gasteiger partial charge on any atom is -0.480 e. The largest absolute Gasteiger partial charge is 0.480 e. The quantitative estimate of drug-likeness (QED) is 0.887. The van der Waals surface area contributed by atoms with Crippen molar-refractivity contribution in [1.29, 1.82) is 0 Å². The number of aliphatic carboxylic acids is 1. The summed E-state index contributed by atoms with van der Waals surface area (Å²) in [6, 6.07) is 1.04. The highest BCUT2D eigenvalue weighted by Crippen LogP contribution is 2.32. The molecule has 1 fully saturated rings. The number of halogens is 1. The first-order valence-electron chi connectivity index (χ1n) is 6.59. The van der Waals surface area contributed by atoms with E-state index in [0.717, 1.165) is 25.1 Å². The van der Waals surface area contributed by atoms with Crippen LogP contribution in [-0.4, -0.2) is 27.5 Å². The molecule has 0 saturated heterocycles. The van der Waals surface area contributed by atoms with Crippen LogP contribution < -0.4 is 5.32 Å². The SMILES string of the molecule is CC1CCC(NC(=O)c2cncc(F)c2)(C(=O)O)CC1. The van der Waals surface area contributed by atoms with Gasteiger partial charge in [0.1, 0.15) is 11.4 Å². The number of carboxylic acid groups (broad SMARTS) is 1. The monoisotopic (exact) mass is 280 g/mol. The standard InChI is InChI=1S/C14H17FN2O3/c1-9-2-4-14(5-3-9,13(19)20)17-12(18)10-6-11(15)8-16-7-10/h6-9H,2-5H2,1H3,(H,17,18)(H,19,20). The molecule has 0 radical (unpaired) electrons. The number of carboxylic acids is 1. The van der Waals surface area contributed by atoms with Crippen molar-refractivity contribution < 1.29 is 19.1 Å². The Hall–Kier alpha value is -1.98. The zero-order valence-electron chi connectivity index (χ0n) is 11.2. The molecule has 1 heterocycles. The molecule has 1 saturated carbocycles. The van der Waals surface area contributed by atoms with Gasteiger partial charge in [-0.05, 0) is 37.7 Å². The second-order valence-electron chi connectivity index (χ2n) is 5.42. The van der Waals surface area contributed by atoms with Gasteiger partial charge in [-0.15, -0.1) is 0 Å². The lowest BCUT2D eigenvalue weighted by Crippen LogP contribution is -2.56. The molecule has 0 spiro atoms. The van der Waals surface area contributed by atoms with Gasteiger partial charge in [0, 0.05) is 6.20 Å². The van der Waals surface area contributed by atoms with Crippen LogP contribution in [0.15, 0.2) is 18.5 Å². The number of hydrogen-bond donors (Lipinski definition) is 2. The summed E-state index contributed by atoms with van der Waals surface area (Å²) in [6.45, 7) is 2.06. The Morgan fingerprint density at radius 3 is 2.60 bits per heavy atom. The number of nitrogens with one attached hydrogen (secondary N) is 1. The molecular weight excluding hydrogens is 263 g/mol. The van der Waals surface area contributed by atoms with E-state index in [1.807, 2.05) is 0 Å². The van der Waals surface area contributed by atoms with E-state index >= 15 is 0 Å². The van der Waals surface area contributed by atoms with Gasteiger partial charge in [-0.1, -0.05) is 6.92 Å². The maximum atomic E-state index is 13.1. The van der Waals surface area contributed by atoms with Crippen molar-refractivity contribution in [1.82, 2.24) is 10.3 Å². The van der Waals surface area contributed by atoms with E-state index < -0.39 is 23.2 Å². The van der Waals surface area contributed by atoms with Crippen molar-refractivity contribution in [2.45, 2.75) is 38.1 Å². The number of carbonyl (C=O) groups excluding carboxylic acids is 1. The first-order valence-corrected chi connectivity index (χ1v) is 6.59. The van der Waals surface area contributed by atoms with Crippen LogP contribution >= 0.6 is 0 Å². The fourth-order valence-electron chi connectivity index (χ4n) is 2.47. The number of nitrogens with zero attached hydrogens (tertiary/aromatic N) is 1. The minimum absolute atomic E-state index is 0.0317. The third kappa shape index (κ3) is 2.95. The number of carbonyl (C=O) groups is 2. The van der Waals surface area contributed by atoms with Crippen molar-refractivity contribution in [3.8, 4) is 0 Å². The van der Waals surface area contributed by atoms with Crippen LogP contribution in [0.2, 0.25) is 0 Å². The average Bonchev–Trinajstić information content (AvgIpc) is 2.41. The Labute approximate surface area is 116 Å². The fourth-order valence-corrected chi connectivity index (χ4v) is 2.47. The second kappa shape index (κ2) is 5.56. The molecular formula is C14H17FN2O3. The minimum atomic E-state index is -1.25. The van der Waals surface area contributed by atoms with E-state index in [9.17, 15) is 19.1 Å².